The second kappa shape index (κ2) is 11.0. The van der Waals surface area contributed by atoms with Crippen LogP contribution in [0, 0.1) is 10.1 Å². The van der Waals surface area contributed by atoms with Crippen LogP contribution in [0.15, 0.2) is 99.4 Å². The van der Waals surface area contributed by atoms with Crippen molar-refractivity contribution in [3.63, 3.8) is 0 Å². The first-order valence-corrected chi connectivity index (χ1v) is 14.0. The Morgan fingerprint density at radius 3 is 2.15 bits per heavy atom. The molecule has 9 heteroatoms. The molecule has 0 saturated heterocycles. The SMILES string of the molecule is COc1ccc(/C=C2\CCCC3=C2N=c2s/c(=C/c4ccc([N+](=O)[O-])cc4)c(=O)n2[C@@H]3c2ccc(OC)cc2)cc1. The van der Waals surface area contributed by atoms with Gasteiger partial charge in [0.1, 0.15) is 11.5 Å². The van der Waals surface area contributed by atoms with Crippen LogP contribution in [-0.2, 0) is 0 Å². The van der Waals surface area contributed by atoms with Crippen molar-refractivity contribution in [1.29, 1.82) is 0 Å². The van der Waals surface area contributed by atoms with E-state index < -0.39 is 4.92 Å². The number of rotatable bonds is 6. The Hall–Kier alpha value is -4.76. The number of hydrogen-bond donors (Lipinski definition) is 0. The molecule has 0 fully saturated rings. The van der Waals surface area contributed by atoms with Crippen molar-refractivity contribution >= 4 is 29.2 Å². The van der Waals surface area contributed by atoms with Crippen LogP contribution in [0.4, 0.5) is 5.69 Å². The van der Waals surface area contributed by atoms with Gasteiger partial charge < -0.3 is 9.47 Å². The molecular weight excluding hydrogens is 538 g/mol. The fourth-order valence-corrected chi connectivity index (χ4v) is 6.39. The smallest absolute Gasteiger partial charge is 0.271 e. The Kier molecular flexibility index (Phi) is 7.11. The summed E-state index contributed by atoms with van der Waals surface area (Å²) in [5, 5.41) is 11.1. The van der Waals surface area contributed by atoms with Crippen molar-refractivity contribution in [1.82, 2.24) is 4.57 Å². The lowest BCUT2D eigenvalue weighted by molar-refractivity contribution is -0.384. The molecule has 6 rings (SSSR count). The van der Waals surface area contributed by atoms with E-state index in [2.05, 4.69) is 6.08 Å². The molecule has 0 amide bonds. The lowest BCUT2D eigenvalue weighted by Crippen LogP contribution is -2.39. The summed E-state index contributed by atoms with van der Waals surface area (Å²) in [4.78, 5) is 30.3. The van der Waals surface area contributed by atoms with Crippen LogP contribution < -0.4 is 24.4 Å². The van der Waals surface area contributed by atoms with Crippen LogP contribution in [0.3, 0.4) is 0 Å². The van der Waals surface area contributed by atoms with E-state index in [-0.39, 0.29) is 17.3 Å². The first-order chi connectivity index (χ1) is 19.9. The number of thiazole rings is 1. The Morgan fingerprint density at radius 1 is 0.902 bits per heavy atom. The Labute approximate surface area is 240 Å². The zero-order chi connectivity index (χ0) is 28.5. The zero-order valence-electron chi connectivity index (χ0n) is 22.6. The quantitative estimate of drug-likeness (QED) is 0.230. The summed E-state index contributed by atoms with van der Waals surface area (Å²) in [5.41, 5.74) is 5.84. The second-order valence-electron chi connectivity index (χ2n) is 9.87. The van der Waals surface area contributed by atoms with Gasteiger partial charge in [0.05, 0.1) is 35.4 Å². The van der Waals surface area contributed by atoms with E-state index in [1.807, 2.05) is 48.5 Å². The first kappa shape index (κ1) is 26.5. The molecule has 0 spiro atoms. The topological polar surface area (TPSA) is 96.0 Å². The van der Waals surface area contributed by atoms with Crippen molar-refractivity contribution in [2.75, 3.05) is 14.2 Å². The number of nitro groups is 1. The summed E-state index contributed by atoms with van der Waals surface area (Å²) in [5.74, 6) is 1.55. The zero-order valence-corrected chi connectivity index (χ0v) is 23.4. The van der Waals surface area contributed by atoms with Crippen LogP contribution in [0.25, 0.3) is 12.2 Å². The molecule has 0 unspecified atom stereocenters. The maximum atomic E-state index is 13.9. The van der Waals surface area contributed by atoms with Crippen LogP contribution in [0.1, 0.15) is 42.0 Å². The second-order valence-corrected chi connectivity index (χ2v) is 10.9. The van der Waals surface area contributed by atoms with E-state index in [0.29, 0.717) is 14.9 Å². The molecule has 2 aliphatic rings. The molecule has 0 saturated carbocycles. The molecule has 0 N–H and O–H groups in total. The fourth-order valence-electron chi connectivity index (χ4n) is 5.39. The van der Waals surface area contributed by atoms with Crippen molar-refractivity contribution < 1.29 is 14.4 Å². The van der Waals surface area contributed by atoms with E-state index in [9.17, 15) is 14.9 Å². The maximum Gasteiger partial charge on any atom is 0.271 e. The minimum atomic E-state index is -0.436. The average molecular weight is 566 g/mol. The average Bonchev–Trinajstić information content (AvgIpc) is 3.31. The van der Waals surface area contributed by atoms with Gasteiger partial charge in [-0.15, -0.1) is 0 Å². The molecule has 1 aliphatic heterocycles. The molecule has 206 valence electrons. The maximum absolute atomic E-state index is 13.9. The van der Waals surface area contributed by atoms with E-state index >= 15 is 0 Å². The number of nitro benzene ring substituents is 1. The third-order valence-electron chi connectivity index (χ3n) is 7.42. The molecule has 1 aliphatic carbocycles. The van der Waals surface area contributed by atoms with Crippen molar-refractivity contribution in [3.05, 3.63) is 136 Å². The summed E-state index contributed by atoms with van der Waals surface area (Å²) < 4.78 is 13.0. The third-order valence-corrected chi connectivity index (χ3v) is 8.41. The molecule has 4 aromatic rings. The number of allylic oxidation sites excluding steroid dienone is 2. The monoisotopic (exact) mass is 565 g/mol. The predicted octanol–water partition coefficient (Wildman–Crippen LogP) is 5.41. The van der Waals surface area contributed by atoms with E-state index in [4.69, 9.17) is 14.5 Å². The van der Waals surface area contributed by atoms with Gasteiger partial charge in [0.2, 0.25) is 0 Å². The predicted molar refractivity (Wildman–Crippen MR) is 159 cm³/mol. The van der Waals surface area contributed by atoms with Gasteiger partial charge in [0, 0.05) is 12.1 Å². The number of hydrogen-bond acceptors (Lipinski definition) is 7. The molecule has 0 bridgehead atoms. The van der Waals surface area contributed by atoms with Crippen LogP contribution in [0.2, 0.25) is 0 Å². The molecule has 3 aromatic carbocycles. The van der Waals surface area contributed by atoms with Crippen LogP contribution in [-0.4, -0.2) is 23.7 Å². The van der Waals surface area contributed by atoms with Gasteiger partial charge in [0.25, 0.3) is 11.2 Å². The lowest BCUT2D eigenvalue weighted by Gasteiger charge is -2.31. The van der Waals surface area contributed by atoms with Gasteiger partial charge in [-0.3, -0.25) is 19.5 Å². The largest absolute Gasteiger partial charge is 0.497 e. The molecule has 1 atom stereocenters. The number of fused-ring (bicyclic) bond motifs is 1. The van der Waals surface area contributed by atoms with Crippen molar-refractivity contribution in [2.45, 2.75) is 25.3 Å². The summed E-state index contributed by atoms with van der Waals surface area (Å²) >= 11 is 1.33. The number of nitrogens with zero attached hydrogens (tertiary/aromatic N) is 3. The summed E-state index contributed by atoms with van der Waals surface area (Å²) in [6, 6.07) is 21.7. The Morgan fingerprint density at radius 2 is 1.51 bits per heavy atom. The molecule has 41 heavy (non-hydrogen) atoms. The minimum Gasteiger partial charge on any atom is -0.497 e. The van der Waals surface area contributed by atoms with E-state index in [1.54, 1.807) is 37.0 Å². The van der Waals surface area contributed by atoms with Crippen LogP contribution in [0.5, 0.6) is 11.5 Å². The summed E-state index contributed by atoms with van der Waals surface area (Å²) in [6.45, 7) is 0. The number of methoxy groups -OCH3 is 2. The number of benzene rings is 3. The number of ether oxygens (including phenoxy) is 2. The van der Waals surface area contributed by atoms with Crippen molar-refractivity contribution in [3.8, 4) is 11.5 Å². The molecule has 1 aromatic heterocycles. The Bertz CT molecular complexity index is 1870. The molecule has 0 radical (unpaired) electrons. The molecular formula is C32H27N3O5S. The highest BCUT2D eigenvalue weighted by molar-refractivity contribution is 7.07. The fraction of sp³-hybridized carbons (Fsp3) is 0.188. The van der Waals surface area contributed by atoms with E-state index in [0.717, 1.165) is 58.7 Å². The summed E-state index contributed by atoms with van der Waals surface area (Å²) in [6.07, 6.45) is 6.63. The summed E-state index contributed by atoms with van der Waals surface area (Å²) in [7, 11) is 3.29. The highest BCUT2D eigenvalue weighted by atomic mass is 32.1. The van der Waals surface area contributed by atoms with Gasteiger partial charge in [-0.2, -0.15) is 0 Å². The number of aromatic nitrogens is 1. The Balaban J connectivity index is 1.52. The third kappa shape index (κ3) is 5.12. The highest BCUT2D eigenvalue weighted by Crippen LogP contribution is 2.41. The lowest BCUT2D eigenvalue weighted by atomic mass is 9.84. The normalized spacial score (nSPS) is 17.6. The molecule has 2 heterocycles. The number of non-ortho nitro benzene ring substituents is 1. The van der Waals surface area contributed by atoms with Gasteiger partial charge in [-0.25, -0.2) is 4.99 Å². The van der Waals surface area contributed by atoms with Gasteiger partial charge in [0.15, 0.2) is 4.80 Å². The van der Waals surface area contributed by atoms with Crippen LogP contribution >= 0.6 is 11.3 Å². The van der Waals surface area contributed by atoms with Gasteiger partial charge >= 0.3 is 0 Å². The highest BCUT2D eigenvalue weighted by Gasteiger charge is 2.32. The standard InChI is InChI=1S/C32H27N3O5S/c1-39-25-14-8-20(9-15-25)18-23-4-3-5-27-29(23)33-32-34(30(27)22-10-16-26(40-2)17-11-22)31(36)28(41-32)19-21-6-12-24(13-7-21)35(37)38/h6-19,30H,3-5H2,1-2H3/b23-18+,28-19+/t30-/m1/s1. The van der Waals surface area contributed by atoms with Gasteiger partial charge in [-0.05, 0) is 95.6 Å². The molecule has 8 nitrogen and oxygen atoms in total. The van der Waals surface area contributed by atoms with E-state index in [1.165, 1.54) is 23.5 Å². The minimum absolute atomic E-state index is 0.00645. The van der Waals surface area contributed by atoms with Gasteiger partial charge in [-0.1, -0.05) is 35.6 Å². The van der Waals surface area contributed by atoms with Crippen molar-refractivity contribution in [2.24, 2.45) is 4.99 Å². The first-order valence-electron chi connectivity index (χ1n) is 13.2.